The molecule has 0 amide bonds. The Bertz CT molecular complexity index is 853. The first kappa shape index (κ1) is 24.1. The highest BCUT2D eigenvalue weighted by atomic mass is 16.5. The van der Waals surface area contributed by atoms with Crippen LogP contribution in [0.1, 0.15) is 68.6 Å². The Hall–Kier alpha value is -2.53. The normalized spacial score (nSPS) is 15.5. The lowest BCUT2D eigenvalue weighted by Gasteiger charge is -2.22. The summed E-state index contributed by atoms with van der Waals surface area (Å²) in [6.07, 6.45) is 5.91. The van der Waals surface area contributed by atoms with Crippen molar-refractivity contribution >= 4 is 5.97 Å². The molecule has 5 heteroatoms. The Kier molecular flexibility index (Phi) is 8.98. The summed E-state index contributed by atoms with van der Waals surface area (Å²) < 4.78 is 17.3. The molecule has 1 fully saturated rings. The van der Waals surface area contributed by atoms with Gasteiger partial charge in [-0.3, -0.25) is 0 Å². The first-order chi connectivity index (χ1) is 15.4. The number of hydrogen-bond donors (Lipinski definition) is 1. The molecule has 1 N–H and O–H groups in total. The fourth-order valence-corrected chi connectivity index (χ4v) is 4.25. The van der Waals surface area contributed by atoms with E-state index in [4.69, 9.17) is 14.2 Å². The lowest BCUT2D eigenvalue weighted by Crippen LogP contribution is -2.29. The molecule has 0 spiro atoms. The van der Waals surface area contributed by atoms with Crippen molar-refractivity contribution in [2.45, 2.75) is 77.4 Å². The van der Waals surface area contributed by atoms with Crippen LogP contribution in [-0.2, 0) is 16.0 Å². The molecule has 1 aliphatic carbocycles. The van der Waals surface area contributed by atoms with E-state index in [1.165, 1.54) is 37.7 Å². The van der Waals surface area contributed by atoms with Crippen molar-refractivity contribution in [1.82, 2.24) is 0 Å². The van der Waals surface area contributed by atoms with Gasteiger partial charge in [0.05, 0.1) is 6.10 Å². The van der Waals surface area contributed by atoms with Crippen molar-refractivity contribution in [2.75, 3.05) is 13.2 Å². The van der Waals surface area contributed by atoms with Crippen LogP contribution in [0.2, 0.25) is 0 Å². The van der Waals surface area contributed by atoms with Crippen LogP contribution in [0.4, 0.5) is 0 Å². The van der Waals surface area contributed by atoms with Crippen molar-refractivity contribution in [1.29, 1.82) is 0 Å². The van der Waals surface area contributed by atoms with E-state index in [1.807, 2.05) is 39.0 Å². The van der Waals surface area contributed by atoms with E-state index in [-0.39, 0.29) is 6.10 Å². The van der Waals surface area contributed by atoms with Crippen LogP contribution >= 0.6 is 0 Å². The minimum absolute atomic E-state index is 0.147. The molecule has 5 nitrogen and oxygen atoms in total. The summed E-state index contributed by atoms with van der Waals surface area (Å²) in [6, 6.07) is 14.3. The van der Waals surface area contributed by atoms with Gasteiger partial charge in [0.25, 0.3) is 0 Å². The van der Waals surface area contributed by atoms with Gasteiger partial charge in [-0.25, -0.2) is 4.79 Å². The summed E-state index contributed by atoms with van der Waals surface area (Å²) in [5.41, 5.74) is 3.29. The third-order valence-electron chi connectivity index (χ3n) is 5.95. The smallest absolute Gasteiger partial charge is 0.333 e. The molecule has 1 unspecified atom stereocenters. The molecule has 2 aromatic rings. The number of benzene rings is 2. The van der Waals surface area contributed by atoms with E-state index in [1.54, 1.807) is 0 Å². The van der Waals surface area contributed by atoms with E-state index in [0.717, 1.165) is 22.6 Å². The predicted molar refractivity (Wildman–Crippen MR) is 126 cm³/mol. The van der Waals surface area contributed by atoms with Crippen LogP contribution in [0, 0.1) is 6.92 Å². The van der Waals surface area contributed by atoms with Crippen LogP contribution in [0.25, 0.3) is 0 Å². The van der Waals surface area contributed by atoms with Crippen LogP contribution in [0.15, 0.2) is 42.5 Å². The maximum atomic E-state index is 11.5. The zero-order chi connectivity index (χ0) is 22.9. The van der Waals surface area contributed by atoms with Gasteiger partial charge in [0.2, 0.25) is 0 Å². The summed E-state index contributed by atoms with van der Waals surface area (Å²) in [7, 11) is 0. The van der Waals surface area contributed by atoms with Gasteiger partial charge in [-0.1, -0.05) is 43.5 Å². The molecule has 0 aromatic heterocycles. The van der Waals surface area contributed by atoms with Gasteiger partial charge in [-0.15, -0.1) is 0 Å². The number of aryl methyl sites for hydroxylation is 1. The molecule has 0 heterocycles. The fourth-order valence-electron chi connectivity index (χ4n) is 4.25. The van der Waals surface area contributed by atoms with E-state index in [9.17, 15) is 9.90 Å². The molecule has 1 aliphatic rings. The quantitative estimate of drug-likeness (QED) is 0.439. The Morgan fingerprint density at radius 2 is 1.69 bits per heavy atom. The second-order valence-electron chi connectivity index (χ2n) is 8.92. The number of rotatable bonds is 11. The fraction of sp³-hybridized carbons (Fsp3) is 0.519. The lowest BCUT2D eigenvalue weighted by molar-refractivity contribution is -0.153. The number of hydrogen-bond acceptors (Lipinski definition) is 4. The van der Waals surface area contributed by atoms with Crippen LogP contribution in [0.5, 0.6) is 11.5 Å². The maximum absolute atomic E-state index is 11.5. The maximum Gasteiger partial charge on any atom is 0.333 e. The number of carboxylic acids is 1. The Balaban J connectivity index is 1.49. The molecule has 1 saturated carbocycles. The van der Waals surface area contributed by atoms with Crippen LogP contribution in [-0.4, -0.2) is 36.5 Å². The summed E-state index contributed by atoms with van der Waals surface area (Å²) in [5.74, 6) is 1.34. The Morgan fingerprint density at radius 1 is 1.00 bits per heavy atom. The third-order valence-corrected chi connectivity index (χ3v) is 5.95. The highest BCUT2D eigenvalue weighted by Gasteiger charge is 2.20. The predicted octanol–water partition coefficient (Wildman–Crippen LogP) is 5.92. The first-order valence-electron chi connectivity index (χ1n) is 11.8. The first-order valence-corrected chi connectivity index (χ1v) is 11.8. The minimum atomic E-state index is -0.954. The molecule has 1 atom stereocenters. The molecule has 0 radical (unpaired) electrons. The summed E-state index contributed by atoms with van der Waals surface area (Å²) >= 11 is 0. The minimum Gasteiger partial charge on any atom is -0.490 e. The molecular weight excluding hydrogens is 404 g/mol. The van der Waals surface area contributed by atoms with Crippen molar-refractivity contribution in [3.05, 3.63) is 59.2 Å². The molecule has 2 aromatic carbocycles. The summed E-state index contributed by atoms with van der Waals surface area (Å²) in [5, 5.41) is 9.41. The number of aliphatic carboxylic acids is 1. The van der Waals surface area contributed by atoms with Gasteiger partial charge < -0.3 is 19.3 Å². The van der Waals surface area contributed by atoms with Gasteiger partial charge in [-0.2, -0.15) is 0 Å². The average Bonchev–Trinajstić information content (AvgIpc) is 2.79. The summed E-state index contributed by atoms with van der Waals surface area (Å²) in [6.45, 7) is 6.51. The molecule has 0 aliphatic heterocycles. The Morgan fingerprint density at radius 3 is 2.34 bits per heavy atom. The van der Waals surface area contributed by atoms with E-state index < -0.39 is 12.1 Å². The third kappa shape index (κ3) is 7.27. The zero-order valence-corrected chi connectivity index (χ0v) is 19.5. The largest absolute Gasteiger partial charge is 0.490 e. The zero-order valence-electron chi connectivity index (χ0n) is 19.5. The number of ether oxygens (including phenoxy) is 3. The molecule has 3 rings (SSSR count). The van der Waals surface area contributed by atoms with E-state index in [2.05, 4.69) is 24.3 Å². The monoisotopic (exact) mass is 440 g/mol. The van der Waals surface area contributed by atoms with Gasteiger partial charge in [0.15, 0.2) is 6.10 Å². The highest BCUT2D eigenvalue weighted by molar-refractivity contribution is 5.72. The highest BCUT2D eigenvalue weighted by Crippen LogP contribution is 2.33. The van der Waals surface area contributed by atoms with Crippen molar-refractivity contribution in [3.8, 4) is 11.5 Å². The van der Waals surface area contributed by atoms with Gasteiger partial charge in [-0.05, 0) is 74.4 Å². The second-order valence-corrected chi connectivity index (χ2v) is 8.92. The summed E-state index contributed by atoms with van der Waals surface area (Å²) in [4.78, 5) is 11.5. The molecule has 0 bridgehead atoms. The van der Waals surface area contributed by atoms with Gasteiger partial charge >= 0.3 is 5.97 Å². The lowest BCUT2D eigenvalue weighted by atomic mass is 9.84. The standard InChI is InChI=1S/C27H36O5/c1-19(2)32-26(27(28)29)18-21-10-9-20(3)25(17-21)31-16-15-30-24-13-11-23(12-14-24)22-7-5-4-6-8-22/h9-14,17,19,22,26H,4-8,15-16,18H2,1-3H3,(H,28,29). The van der Waals surface area contributed by atoms with Gasteiger partial charge in [0, 0.05) is 6.42 Å². The van der Waals surface area contributed by atoms with Crippen molar-refractivity contribution in [3.63, 3.8) is 0 Å². The van der Waals surface area contributed by atoms with Crippen LogP contribution in [0.3, 0.4) is 0 Å². The molecule has 32 heavy (non-hydrogen) atoms. The second kappa shape index (κ2) is 11.9. The van der Waals surface area contributed by atoms with Gasteiger partial charge in [0.1, 0.15) is 24.7 Å². The number of carbonyl (C=O) groups is 1. The number of carboxylic acid groups (broad SMARTS) is 1. The SMILES string of the molecule is Cc1ccc(CC(OC(C)C)C(=O)O)cc1OCCOc1ccc(C2CCCCC2)cc1. The molecule has 0 saturated heterocycles. The topological polar surface area (TPSA) is 65.0 Å². The van der Waals surface area contributed by atoms with Crippen molar-refractivity contribution < 1.29 is 24.1 Å². The van der Waals surface area contributed by atoms with Crippen LogP contribution < -0.4 is 9.47 Å². The average molecular weight is 441 g/mol. The Labute approximate surface area is 191 Å². The van der Waals surface area contributed by atoms with E-state index >= 15 is 0 Å². The molecule has 174 valence electrons. The van der Waals surface area contributed by atoms with E-state index in [0.29, 0.717) is 25.6 Å². The molecular formula is C27H36O5. The van der Waals surface area contributed by atoms with Crippen molar-refractivity contribution in [2.24, 2.45) is 0 Å².